The first-order valence-corrected chi connectivity index (χ1v) is 5.82. The second-order valence-electron chi connectivity index (χ2n) is 2.34. The van der Waals surface area contributed by atoms with E-state index in [-0.39, 0.29) is 6.16 Å². The van der Waals surface area contributed by atoms with E-state index in [1.165, 1.54) is 0 Å². The number of nitrogens with one attached hydrogen (secondary N) is 1. The molecular formula is C4H6N2NaO3P. The molecule has 1 aromatic heterocycles. The molecule has 3 N–H and O–H groups in total. The van der Waals surface area contributed by atoms with E-state index in [9.17, 15) is 4.57 Å². The first-order chi connectivity index (χ1) is 4.99. The molecule has 1 rings (SSSR count). The van der Waals surface area contributed by atoms with E-state index >= 15 is 0 Å². The van der Waals surface area contributed by atoms with Crippen molar-refractivity contribution in [1.82, 2.24) is 10.2 Å². The Kier molecular flexibility index (Phi) is 2.91. The first kappa shape index (κ1) is 9.45. The Morgan fingerprint density at radius 1 is 1.73 bits per heavy atom. The van der Waals surface area contributed by atoms with Crippen LogP contribution in [0.1, 0.15) is 5.69 Å². The number of nitrogens with zero attached hydrogens (tertiary/aromatic N) is 1. The van der Waals surface area contributed by atoms with E-state index in [0.29, 0.717) is 5.69 Å². The van der Waals surface area contributed by atoms with Gasteiger partial charge < -0.3 is 0 Å². The van der Waals surface area contributed by atoms with Crippen LogP contribution in [-0.2, 0) is 10.7 Å². The molecule has 0 aliphatic carbocycles. The molecule has 0 saturated carbocycles. The van der Waals surface area contributed by atoms with Gasteiger partial charge in [0, 0.05) is 0 Å². The number of rotatable bonds is 2. The van der Waals surface area contributed by atoms with Crippen molar-refractivity contribution < 1.29 is 14.4 Å². The summed E-state index contributed by atoms with van der Waals surface area (Å²) < 4.78 is 11.4. The molecule has 11 heavy (non-hydrogen) atoms. The van der Waals surface area contributed by atoms with Crippen LogP contribution in [0.4, 0.5) is 0 Å². The first-order valence-electron chi connectivity index (χ1n) is 3.03. The third-order valence-corrected chi connectivity index (χ3v) is 2.87. The summed E-state index contributed by atoms with van der Waals surface area (Å²) in [5, 5.41) is 6.28. The van der Waals surface area contributed by atoms with Crippen LogP contribution < -0.4 is 2.81 Å². The minimum atomic E-state index is -3.94. The van der Waals surface area contributed by atoms with Crippen molar-refractivity contribution in [3.05, 3.63) is 11.9 Å². The van der Waals surface area contributed by atoms with Crippen LogP contribution in [0, 0.1) is 0 Å². The molecule has 0 spiro atoms. The third kappa shape index (κ3) is 3.07. The summed E-state index contributed by atoms with van der Waals surface area (Å²) in [4.78, 5) is 17.2. The Hall–Kier alpha value is 0.360. The van der Waals surface area contributed by atoms with Gasteiger partial charge in [0.05, 0.1) is 0 Å². The summed E-state index contributed by atoms with van der Waals surface area (Å²) in [5.41, 5.74) is 0.491. The van der Waals surface area contributed by atoms with Crippen LogP contribution in [0.2, 0.25) is 0 Å². The molecule has 0 aliphatic rings. The molecule has 0 unspecified atom stereocenters. The van der Waals surface area contributed by atoms with Gasteiger partial charge in [-0.15, -0.1) is 0 Å². The van der Waals surface area contributed by atoms with Crippen molar-refractivity contribution in [1.29, 1.82) is 0 Å². The molecule has 7 heteroatoms. The Balaban J connectivity index is 2.80. The molecule has 5 nitrogen and oxygen atoms in total. The van der Waals surface area contributed by atoms with Crippen LogP contribution in [0.5, 0.6) is 0 Å². The van der Waals surface area contributed by atoms with Crippen molar-refractivity contribution in [3.63, 3.8) is 0 Å². The number of aromatic amines is 1. The predicted octanol–water partition coefficient (Wildman–Crippen LogP) is -1.12. The Labute approximate surface area is 80.8 Å². The fraction of sp³-hybridized carbons (Fsp3) is 0.250. The van der Waals surface area contributed by atoms with Crippen LogP contribution >= 0.6 is 7.60 Å². The molecule has 0 bridgehead atoms. The quantitative estimate of drug-likeness (QED) is 0.401. The number of hydrogen-bond acceptors (Lipinski definition) is 2. The molecule has 0 radical (unpaired) electrons. The van der Waals surface area contributed by atoms with Crippen LogP contribution in [0.15, 0.2) is 6.20 Å². The fourth-order valence-corrected chi connectivity index (χ4v) is 2.16. The molecule has 0 amide bonds. The Morgan fingerprint density at radius 2 is 2.36 bits per heavy atom. The van der Waals surface area contributed by atoms with Gasteiger partial charge in [-0.05, 0) is 0 Å². The van der Waals surface area contributed by atoms with Gasteiger partial charge in [0.25, 0.3) is 0 Å². The minimum absolute atomic E-state index is 0.255. The van der Waals surface area contributed by atoms with E-state index in [2.05, 4.69) is 10.2 Å². The zero-order chi connectivity index (χ0) is 8.48. The summed E-state index contributed by atoms with van der Waals surface area (Å²) in [7, 11) is -3.94. The topological polar surface area (TPSA) is 86.2 Å². The molecule has 0 saturated heterocycles. The normalized spacial score (nSPS) is 12.0. The molecule has 0 atom stereocenters. The van der Waals surface area contributed by atoms with E-state index in [1.54, 1.807) is 6.20 Å². The van der Waals surface area contributed by atoms with E-state index in [4.69, 9.17) is 9.79 Å². The number of hydrogen-bond donors (Lipinski definition) is 3. The van der Waals surface area contributed by atoms with E-state index in [0.717, 1.165) is 30.7 Å². The molecular weight excluding hydrogens is 178 g/mol. The van der Waals surface area contributed by atoms with E-state index < -0.39 is 7.60 Å². The Morgan fingerprint density at radius 3 is 2.73 bits per heavy atom. The van der Waals surface area contributed by atoms with E-state index in [1.807, 2.05) is 0 Å². The average Bonchev–Trinajstić information content (AvgIpc) is 2.12. The SMILES string of the molecule is O=P(O)(O)Cc1n[nH]c[c]1[Na]. The summed E-state index contributed by atoms with van der Waals surface area (Å²) in [5.74, 6) is 0. The van der Waals surface area contributed by atoms with Crippen molar-refractivity contribution >= 4 is 38.3 Å². The monoisotopic (exact) mass is 184 g/mol. The van der Waals surface area contributed by atoms with Crippen molar-refractivity contribution in [2.45, 2.75) is 6.16 Å². The molecule has 1 aromatic rings. The van der Waals surface area contributed by atoms with Gasteiger partial charge in [-0.2, -0.15) is 0 Å². The summed E-state index contributed by atoms with van der Waals surface area (Å²) >= 11 is 0.754. The number of H-pyrrole nitrogens is 1. The third-order valence-electron chi connectivity index (χ3n) is 1.29. The predicted molar refractivity (Wildman–Crippen MR) is 39.7 cm³/mol. The van der Waals surface area contributed by atoms with Crippen molar-refractivity contribution in [3.8, 4) is 0 Å². The van der Waals surface area contributed by atoms with Gasteiger partial charge in [-0.1, -0.05) is 0 Å². The molecule has 1 heterocycles. The number of aromatic nitrogens is 2. The summed E-state index contributed by atoms with van der Waals surface area (Å²) in [6.07, 6.45) is 1.41. The molecule has 56 valence electrons. The van der Waals surface area contributed by atoms with Gasteiger partial charge >= 0.3 is 80.9 Å². The maximum absolute atomic E-state index is 10.5. The van der Waals surface area contributed by atoms with Crippen LogP contribution in [0.25, 0.3) is 0 Å². The second kappa shape index (κ2) is 3.39. The molecule has 0 aliphatic heterocycles. The van der Waals surface area contributed by atoms with Gasteiger partial charge in [-0.25, -0.2) is 0 Å². The standard InChI is InChI=1S/C4H6N2O3P.Na/c7-10(8,9)3-4-1-2-5-6-4;/h2H,3H2,(H,5,6)(H2,7,8,9);. The molecule has 0 fully saturated rings. The van der Waals surface area contributed by atoms with Gasteiger partial charge in [0.2, 0.25) is 0 Å². The van der Waals surface area contributed by atoms with Crippen LogP contribution in [0.3, 0.4) is 0 Å². The van der Waals surface area contributed by atoms with Crippen molar-refractivity contribution in [2.75, 3.05) is 0 Å². The fourth-order valence-electron chi connectivity index (χ4n) is 0.734. The maximum atomic E-state index is 10.5. The average molecular weight is 184 g/mol. The summed E-state index contributed by atoms with van der Waals surface area (Å²) in [6.45, 7) is 0. The Bertz CT molecular complexity index is 293. The molecule has 0 aromatic carbocycles. The van der Waals surface area contributed by atoms with Gasteiger partial charge in [0.15, 0.2) is 0 Å². The zero-order valence-corrected chi connectivity index (χ0v) is 8.88. The second-order valence-corrected chi connectivity index (χ2v) is 5.06. The van der Waals surface area contributed by atoms with Gasteiger partial charge in [-0.3, -0.25) is 0 Å². The summed E-state index contributed by atoms with van der Waals surface area (Å²) in [6, 6.07) is 0. The van der Waals surface area contributed by atoms with Crippen LogP contribution in [-0.4, -0.2) is 47.9 Å². The van der Waals surface area contributed by atoms with Crippen molar-refractivity contribution in [2.24, 2.45) is 0 Å². The zero-order valence-electron chi connectivity index (χ0n) is 5.98. The van der Waals surface area contributed by atoms with Gasteiger partial charge in [0.1, 0.15) is 0 Å².